The van der Waals surface area contributed by atoms with Gasteiger partial charge in [-0.1, -0.05) is 12.8 Å². The van der Waals surface area contributed by atoms with Gasteiger partial charge in [0, 0.05) is 13.2 Å². The number of amides is 1. The van der Waals surface area contributed by atoms with Gasteiger partial charge >= 0.3 is 0 Å². The zero-order valence-corrected chi connectivity index (χ0v) is 9.25. The van der Waals surface area contributed by atoms with E-state index in [2.05, 4.69) is 10.8 Å². The SMILES string of the molecule is COCCONCC(=O)NC1CCCC1. The van der Waals surface area contributed by atoms with E-state index in [0.29, 0.717) is 19.3 Å². The van der Waals surface area contributed by atoms with Crippen LogP contribution in [0.25, 0.3) is 0 Å². The summed E-state index contributed by atoms with van der Waals surface area (Å²) in [6, 6.07) is 0.373. The third-order valence-corrected chi connectivity index (χ3v) is 2.44. The van der Waals surface area contributed by atoms with Gasteiger partial charge in [0.15, 0.2) is 0 Å². The van der Waals surface area contributed by atoms with Crippen LogP contribution in [0.4, 0.5) is 0 Å². The second-order valence-corrected chi connectivity index (χ2v) is 3.71. The molecule has 1 amide bonds. The Balaban J connectivity index is 1.93. The van der Waals surface area contributed by atoms with Gasteiger partial charge in [-0.25, -0.2) is 0 Å². The number of hydrogen-bond donors (Lipinski definition) is 2. The van der Waals surface area contributed by atoms with E-state index in [1.54, 1.807) is 7.11 Å². The first-order chi connectivity index (χ1) is 7.33. The van der Waals surface area contributed by atoms with Crippen molar-refractivity contribution in [2.75, 3.05) is 26.9 Å². The van der Waals surface area contributed by atoms with Gasteiger partial charge in [-0.3, -0.25) is 9.63 Å². The van der Waals surface area contributed by atoms with Crippen molar-refractivity contribution < 1.29 is 14.4 Å². The van der Waals surface area contributed by atoms with Crippen molar-refractivity contribution in [3.63, 3.8) is 0 Å². The molecule has 0 aromatic rings. The fourth-order valence-electron chi connectivity index (χ4n) is 1.66. The van der Waals surface area contributed by atoms with Gasteiger partial charge < -0.3 is 10.1 Å². The van der Waals surface area contributed by atoms with E-state index < -0.39 is 0 Å². The van der Waals surface area contributed by atoms with Crippen LogP contribution in [0.15, 0.2) is 0 Å². The summed E-state index contributed by atoms with van der Waals surface area (Å²) in [6.07, 6.45) is 4.66. The van der Waals surface area contributed by atoms with Crippen LogP contribution in [0.2, 0.25) is 0 Å². The van der Waals surface area contributed by atoms with E-state index in [9.17, 15) is 4.79 Å². The molecular weight excluding hydrogens is 196 g/mol. The summed E-state index contributed by atoms with van der Waals surface area (Å²) in [6.45, 7) is 1.19. The van der Waals surface area contributed by atoms with Crippen LogP contribution in [0.3, 0.4) is 0 Å². The Morgan fingerprint density at radius 3 is 2.73 bits per heavy atom. The van der Waals surface area contributed by atoms with Gasteiger partial charge in [-0.15, -0.1) is 0 Å². The van der Waals surface area contributed by atoms with Crippen LogP contribution in [0.5, 0.6) is 0 Å². The number of rotatable bonds is 7. The monoisotopic (exact) mass is 216 g/mol. The molecule has 2 N–H and O–H groups in total. The number of carbonyl (C=O) groups excluding carboxylic acids is 1. The van der Waals surface area contributed by atoms with Gasteiger partial charge in [0.1, 0.15) is 0 Å². The van der Waals surface area contributed by atoms with E-state index in [4.69, 9.17) is 9.57 Å². The molecule has 0 saturated heterocycles. The van der Waals surface area contributed by atoms with Crippen LogP contribution in [0, 0.1) is 0 Å². The summed E-state index contributed by atoms with van der Waals surface area (Å²) in [7, 11) is 1.61. The second-order valence-electron chi connectivity index (χ2n) is 3.71. The Hall–Kier alpha value is -0.650. The van der Waals surface area contributed by atoms with E-state index in [1.165, 1.54) is 12.8 Å². The Labute approximate surface area is 90.5 Å². The highest BCUT2D eigenvalue weighted by atomic mass is 16.7. The molecule has 88 valence electrons. The van der Waals surface area contributed by atoms with E-state index in [-0.39, 0.29) is 12.5 Å². The van der Waals surface area contributed by atoms with E-state index >= 15 is 0 Å². The summed E-state index contributed by atoms with van der Waals surface area (Å²) in [4.78, 5) is 16.3. The summed E-state index contributed by atoms with van der Waals surface area (Å²) in [5.74, 6) is -0.000633. The Morgan fingerprint density at radius 1 is 1.33 bits per heavy atom. The lowest BCUT2D eigenvalue weighted by atomic mass is 10.2. The first kappa shape index (κ1) is 12.4. The maximum atomic E-state index is 11.3. The molecule has 1 aliphatic rings. The highest BCUT2D eigenvalue weighted by Gasteiger charge is 2.16. The molecule has 5 nitrogen and oxygen atoms in total. The summed E-state index contributed by atoms with van der Waals surface area (Å²) < 4.78 is 4.79. The van der Waals surface area contributed by atoms with Crippen LogP contribution in [0.1, 0.15) is 25.7 Å². The highest BCUT2D eigenvalue weighted by molar-refractivity contribution is 5.78. The number of carbonyl (C=O) groups is 1. The minimum absolute atomic E-state index is 0.000633. The lowest BCUT2D eigenvalue weighted by Gasteiger charge is -2.12. The van der Waals surface area contributed by atoms with E-state index in [0.717, 1.165) is 12.8 Å². The lowest BCUT2D eigenvalue weighted by Crippen LogP contribution is -2.39. The largest absolute Gasteiger partial charge is 0.382 e. The van der Waals surface area contributed by atoms with Gasteiger partial charge in [0.05, 0.1) is 19.8 Å². The van der Waals surface area contributed by atoms with Crippen molar-refractivity contribution in [3.8, 4) is 0 Å². The number of methoxy groups -OCH3 is 1. The molecule has 0 unspecified atom stereocenters. The normalized spacial score (nSPS) is 16.9. The maximum Gasteiger partial charge on any atom is 0.236 e. The third kappa shape index (κ3) is 5.71. The molecule has 0 radical (unpaired) electrons. The highest BCUT2D eigenvalue weighted by Crippen LogP contribution is 2.17. The molecule has 1 saturated carbocycles. The molecule has 0 spiro atoms. The van der Waals surface area contributed by atoms with Gasteiger partial charge in [-0.05, 0) is 12.8 Å². The predicted octanol–water partition coefficient (Wildman–Crippen LogP) is 0.213. The zero-order valence-electron chi connectivity index (χ0n) is 9.25. The van der Waals surface area contributed by atoms with E-state index in [1.807, 2.05) is 0 Å². The van der Waals surface area contributed by atoms with Crippen LogP contribution >= 0.6 is 0 Å². The summed E-state index contributed by atoms with van der Waals surface area (Å²) in [5.41, 5.74) is 2.60. The smallest absolute Gasteiger partial charge is 0.236 e. The molecule has 0 aromatic heterocycles. The molecule has 15 heavy (non-hydrogen) atoms. The molecule has 1 aliphatic carbocycles. The van der Waals surface area contributed by atoms with Crippen LogP contribution in [-0.2, 0) is 14.4 Å². The number of nitrogens with one attached hydrogen (secondary N) is 2. The molecule has 1 fully saturated rings. The first-order valence-electron chi connectivity index (χ1n) is 5.46. The summed E-state index contributed by atoms with van der Waals surface area (Å²) in [5, 5.41) is 2.96. The Morgan fingerprint density at radius 2 is 2.07 bits per heavy atom. The fraction of sp³-hybridized carbons (Fsp3) is 0.900. The quantitative estimate of drug-likeness (QED) is 0.472. The molecule has 0 bridgehead atoms. The molecule has 0 heterocycles. The third-order valence-electron chi connectivity index (χ3n) is 2.44. The molecule has 5 heteroatoms. The number of hydroxylamine groups is 1. The molecule has 0 atom stereocenters. The second kappa shape index (κ2) is 7.62. The Kier molecular flexibility index (Phi) is 6.31. The predicted molar refractivity (Wildman–Crippen MR) is 56.2 cm³/mol. The van der Waals surface area contributed by atoms with Crippen molar-refractivity contribution in [2.45, 2.75) is 31.7 Å². The minimum Gasteiger partial charge on any atom is -0.382 e. The maximum absolute atomic E-state index is 11.3. The lowest BCUT2D eigenvalue weighted by molar-refractivity contribution is -0.123. The average molecular weight is 216 g/mol. The van der Waals surface area contributed by atoms with Gasteiger partial charge in [0.25, 0.3) is 0 Å². The van der Waals surface area contributed by atoms with Crippen molar-refractivity contribution in [2.24, 2.45) is 0 Å². The Bertz CT molecular complexity index is 182. The first-order valence-corrected chi connectivity index (χ1v) is 5.46. The topological polar surface area (TPSA) is 59.6 Å². The molecule has 1 rings (SSSR count). The van der Waals surface area contributed by atoms with Crippen LogP contribution < -0.4 is 10.8 Å². The molecule has 0 aliphatic heterocycles. The van der Waals surface area contributed by atoms with Crippen molar-refractivity contribution in [1.82, 2.24) is 10.8 Å². The molecule has 0 aromatic carbocycles. The standard InChI is InChI=1S/C10H20N2O3/c1-14-6-7-15-11-8-10(13)12-9-4-2-3-5-9/h9,11H,2-8H2,1H3,(H,12,13). The molecular formula is C10H20N2O3. The van der Waals surface area contributed by atoms with Gasteiger partial charge in [-0.2, -0.15) is 5.48 Å². The average Bonchev–Trinajstić information content (AvgIpc) is 2.70. The number of hydrogen-bond acceptors (Lipinski definition) is 4. The summed E-state index contributed by atoms with van der Waals surface area (Å²) >= 11 is 0. The van der Waals surface area contributed by atoms with Crippen LogP contribution in [-0.4, -0.2) is 38.8 Å². The number of ether oxygens (including phenoxy) is 1. The van der Waals surface area contributed by atoms with Crippen molar-refractivity contribution in [3.05, 3.63) is 0 Å². The zero-order chi connectivity index (χ0) is 10.9. The minimum atomic E-state index is -0.000633. The van der Waals surface area contributed by atoms with Crippen molar-refractivity contribution in [1.29, 1.82) is 0 Å². The fourth-order valence-corrected chi connectivity index (χ4v) is 1.66. The van der Waals surface area contributed by atoms with Gasteiger partial charge in [0.2, 0.25) is 5.91 Å². The van der Waals surface area contributed by atoms with Crippen molar-refractivity contribution >= 4 is 5.91 Å².